The predicted octanol–water partition coefficient (Wildman–Crippen LogP) is 2.13. The minimum Gasteiger partial charge on any atom is -0.481 e. The molecule has 1 amide bonds. The van der Waals surface area contributed by atoms with Gasteiger partial charge in [0.1, 0.15) is 0 Å². The zero-order valence-electron chi connectivity index (χ0n) is 13.0. The van der Waals surface area contributed by atoms with Gasteiger partial charge >= 0.3 is 0 Å². The zero-order chi connectivity index (χ0) is 16.0. The highest BCUT2D eigenvalue weighted by molar-refractivity contribution is 5.98. The van der Waals surface area contributed by atoms with Crippen molar-refractivity contribution in [1.82, 2.24) is 19.7 Å². The molecule has 3 aromatic rings. The first kappa shape index (κ1) is 13.8. The summed E-state index contributed by atoms with van der Waals surface area (Å²) >= 11 is 0. The Kier molecular flexibility index (Phi) is 3.04. The van der Waals surface area contributed by atoms with Crippen LogP contribution in [0, 0.1) is 0 Å². The molecule has 6 heteroatoms. The van der Waals surface area contributed by atoms with Crippen LogP contribution in [0.15, 0.2) is 36.5 Å². The number of rotatable bonds is 2. The lowest BCUT2D eigenvalue weighted by Gasteiger charge is -2.15. The fourth-order valence-corrected chi connectivity index (χ4v) is 3.08. The van der Waals surface area contributed by atoms with Gasteiger partial charge in [-0.15, -0.1) is 0 Å². The van der Waals surface area contributed by atoms with E-state index in [2.05, 4.69) is 10.1 Å². The molecule has 0 N–H and O–H groups in total. The van der Waals surface area contributed by atoms with Crippen LogP contribution in [0.5, 0.6) is 5.88 Å². The van der Waals surface area contributed by atoms with Crippen LogP contribution in [-0.2, 0) is 20.1 Å². The molecular formula is C17H16N4O2. The second-order valence-electron chi connectivity index (χ2n) is 5.64. The van der Waals surface area contributed by atoms with Crippen molar-refractivity contribution in [3.8, 4) is 5.88 Å². The third-order valence-corrected chi connectivity index (χ3v) is 4.19. The van der Waals surface area contributed by atoms with Crippen LogP contribution in [0.4, 0.5) is 0 Å². The van der Waals surface area contributed by atoms with Gasteiger partial charge in [-0.25, -0.2) is 4.68 Å². The summed E-state index contributed by atoms with van der Waals surface area (Å²) in [4.78, 5) is 18.9. The second-order valence-corrected chi connectivity index (χ2v) is 5.64. The summed E-state index contributed by atoms with van der Waals surface area (Å²) in [6, 6.07) is 9.44. The molecule has 1 aliphatic heterocycles. The average Bonchev–Trinajstić information content (AvgIpc) is 3.13. The molecule has 0 saturated carbocycles. The fourth-order valence-electron chi connectivity index (χ4n) is 3.08. The van der Waals surface area contributed by atoms with Gasteiger partial charge in [0.25, 0.3) is 5.91 Å². The number of carbonyl (C=O) groups is 1. The highest BCUT2D eigenvalue weighted by atomic mass is 16.5. The van der Waals surface area contributed by atoms with Crippen molar-refractivity contribution < 1.29 is 9.53 Å². The molecule has 0 spiro atoms. The Labute approximate surface area is 133 Å². The van der Waals surface area contributed by atoms with Crippen LogP contribution >= 0.6 is 0 Å². The monoisotopic (exact) mass is 308 g/mol. The van der Waals surface area contributed by atoms with E-state index in [9.17, 15) is 4.79 Å². The van der Waals surface area contributed by atoms with Crippen LogP contribution in [0.1, 0.15) is 21.6 Å². The number of fused-ring (bicyclic) bond motifs is 2. The maximum Gasteiger partial charge on any atom is 0.254 e. The van der Waals surface area contributed by atoms with E-state index in [0.717, 1.165) is 22.2 Å². The van der Waals surface area contributed by atoms with Crippen molar-refractivity contribution in [2.24, 2.45) is 7.05 Å². The van der Waals surface area contributed by atoms with Crippen LogP contribution in [0.25, 0.3) is 10.9 Å². The number of aromatic nitrogens is 3. The number of benzene rings is 1. The van der Waals surface area contributed by atoms with Gasteiger partial charge in [-0.3, -0.25) is 9.78 Å². The molecule has 116 valence electrons. The number of aryl methyl sites for hydroxylation is 1. The van der Waals surface area contributed by atoms with Crippen molar-refractivity contribution in [2.45, 2.75) is 13.1 Å². The zero-order valence-corrected chi connectivity index (χ0v) is 13.0. The molecule has 23 heavy (non-hydrogen) atoms. The molecule has 6 nitrogen and oxygen atoms in total. The van der Waals surface area contributed by atoms with Crippen molar-refractivity contribution in [2.75, 3.05) is 7.11 Å². The van der Waals surface area contributed by atoms with Gasteiger partial charge in [-0.2, -0.15) is 5.10 Å². The van der Waals surface area contributed by atoms with E-state index in [4.69, 9.17) is 4.74 Å². The van der Waals surface area contributed by atoms with E-state index in [1.54, 1.807) is 22.9 Å². The number of hydrogen-bond acceptors (Lipinski definition) is 4. The van der Waals surface area contributed by atoms with Crippen molar-refractivity contribution in [3.63, 3.8) is 0 Å². The molecule has 0 fully saturated rings. The number of ether oxygens (including phenoxy) is 1. The van der Waals surface area contributed by atoms with Crippen LogP contribution < -0.4 is 4.74 Å². The van der Waals surface area contributed by atoms with Gasteiger partial charge in [0.05, 0.1) is 30.3 Å². The number of methoxy groups -OCH3 is 1. The Bertz CT molecular complexity index is 891. The second kappa shape index (κ2) is 5.08. The van der Waals surface area contributed by atoms with Gasteiger partial charge in [0.15, 0.2) is 0 Å². The molecule has 4 rings (SSSR count). The largest absolute Gasteiger partial charge is 0.481 e. The van der Waals surface area contributed by atoms with E-state index < -0.39 is 0 Å². The van der Waals surface area contributed by atoms with Crippen molar-refractivity contribution in [1.29, 1.82) is 0 Å². The summed E-state index contributed by atoms with van der Waals surface area (Å²) in [5, 5.41) is 5.30. The summed E-state index contributed by atoms with van der Waals surface area (Å²) in [5.41, 5.74) is 3.47. The van der Waals surface area contributed by atoms with E-state index in [-0.39, 0.29) is 5.91 Å². The summed E-state index contributed by atoms with van der Waals surface area (Å²) in [5.74, 6) is 0.686. The van der Waals surface area contributed by atoms with Gasteiger partial charge in [-0.05, 0) is 29.8 Å². The SMILES string of the molecule is COc1c2ccc(C(=O)N3Cc4cccnc4C3)cc2nn1C. The quantitative estimate of drug-likeness (QED) is 0.727. The van der Waals surface area contributed by atoms with Gasteiger partial charge < -0.3 is 9.64 Å². The standard InChI is InChI=1S/C17H16N4O2/c1-20-17(23-2)13-6-5-11(8-14(13)19-20)16(22)21-9-12-4-3-7-18-15(12)10-21/h3-8H,9-10H2,1-2H3. The molecule has 1 aromatic carbocycles. The minimum absolute atomic E-state index is 0.00507. The normalized spacial score (nSPS) is 13.4. The smallest absolute Gasteiger partial charge is 0.254 e. The molecule has 0 unspecified atom stereocenters. The van der Waals surface area contributed by atoms with E-state index in [1.165, 1.54) is 0 Å². The number of carbonyl (C=O) groups excluding carboxylic acids is 1. The minimum atomic E-state index is -0.00507. The molecule has 0 aliphatic carbocycles. The summed E-state index contributed by atoms with van der Waals surface area (Å²) in [6.45, 7) is 1.16. The highest BCUT2D eigenvalue weighted by Gasteiger charge is 2.25. The summed E-state index contributed by atoms with van der Waals surface area (Å²) < 4.78 is 7.01. The van der Waals surface area contributed by atoms with Crippen LogP contribution in [0.2, 0.25) is 0 Å². The lowest BCUT2D eigenvalue weighted by Crippen LogP contribution is -2.25. The maximum absolute atomic E-state index is 12.8. The molecule has 0 saturated heterocycles. The van der Waals surface area contributed by atoms with E-state index in [0.29, 0.717) is 24.5 Å². The van der Waals surface area contributed by atoms with E-state index >= 15 is 0 Å². The van der Waals surface area contributed by atoms with Crippen LogP contribution in [-0.4, -0.2) is 32.7 Å². The van der Waals surface area contributed by atoms with Gasteiger partial charge in [-0.1, -0.05) is 6.07 Å². The maximum atomic E-state index is 12.8. The molecule has 0 atom stereocenters. The topological polar surface area (TPSA) is 60.2 Å². The van der Waals surface area contributed by atoms with Crippen molar-refractivity contribution >= 4 is 16.8 Å². The first-order chi connectivity index (χ1) is 11.2. The fraction of sp³-hybridized carbons (Fsp3) is 0.235. The third-order valence-electron chi connectivity index (χ3n) is 4.19. The highest BCUT2D eigenvalue weighted by Crippen LogP contribution is 2.27. The lowest BCUT2D eigenvalue weighted by atomic mass is 10.1. The van der Waals surface area contributed by atoms with Crippen LogP contribution in [0.3, 0.4) is 0 Å². The molecular weight excluding hydrogens is 292 g/mol. The lowest BCUT2D eigenvalue weighted by molar-refractivity contribution is 0.0750. The number of amides is 1. The summed E-state index contributed by atoms with van der Waals surface area (Å²) in [7, 11) is 3.44. The predicted molar refractivity (Wildman–Crippen MR) is 85.1 cm³/mol. The Morgan fingerprint density at radius 2 is 2.13 bits per heavy atom. The molecule has 1 aliphatic rings. The molecule has 2 aromatic heterocycles. The Balaban J connectivity index is 1.66. The number of pyridine rings is 1. The first-order valence-corrected chi connectivity index (χ1v) is 7.40. The number of hydrogen-bond donors (Lipinski definition) is 0. The Morgan fingerprint density at radius 1 is 1.26 bits per heavy atom. The Morgan fingerprint density at radius 3 is 2.91 bits per heavy atom. The number of nitrogens with zero attached hydrogens (tertiary/aromatic N) is 4. The summed E-state index contributed by atoms with van der Waals surface area (Å²) in [6.07, 6.45) is 1.76. The third kappa shape index (κ3) is 2.14. The molecule has 0 bridgehead atoms. The molecule has 3 heterocycles. The van der Waals surface area contributed by atoms with Gasteiger partial charge in [0, 0.05) is 25.4 Å². The Hall–Kier alpha value is -2.89. The average molecular weight is 308 g/mol. The van der Waals surface area contributed by atoms with Crippen molar-refractivity contribution in [3.05, 3.63) is 53.3 Å². The molecule has 0 radical (unpaired) electrons. The first-order valence-electron chi connectivity index (χ1n) is 7.40. The van der Waals surface area contributed by atoms with Gasteiger partial charge in [0.2, 0.25) is 5.88 Å². The van der Waals surface area contributed by atoms with E-state index in [1.807, 2.05) is 37.4 Å².